The maximum absolute atomic E-state index is 12.7. The van der Waals surface area contributed by atoms with Crippen LogP contribution in [0.5, 0.6) is 5.75 Å². The molecule has 110 valence electrons. The minimum Gasteiger partial charge on any atom is -0.496 e. The fourth-order valence-corrected chi connectivity index (χ4v) is 1.80. The highest BCUT2D eigenvalue weighted by Crippen LogP contribution is 2.35. The molecule has 1 N–H and O–H groups in total. The van der Waals surface area contributed by atoms with Gasteiger partial charge in [-0.1, -0.05) is 12.1 Å². The van der Waals surface area contributed by atoms with Crippen LogP contribution in [0, 0.1) is 0 Å². The number of benzene rings is 1. The first-order chi connectivity index (χ1) is 9.82. The van der Waals surface area contributed by atoms with Gasteiger partial charge in [-0.2, -0.15) is 13.2 Å². The Kier molecular flexibility index (Phi) is 3.84. The molecule has 0 saturated heterocycles. The third-order valence-corrected chi connectivity index (χ3v) is 2.81. The van der Waals surface area contributed by atoms with E-state index in [0.717, 1.165) is 18.2 Å². The van der Waals surface area contributed by atoms with Crippen LogP contribution in [0.15, 0.2) is 36.5 Å². The van der Waals surface area contributed by atoms with Gasteiger partial charge in [-0.05, 0) is 17.7 Å². The highest BCUT2D eigenvalue weighted by molar-refractivity contribution is 5.87. The van der Waals surface area contributed by atoms with E-state index in [-0.39, 0.29) is 22.6 Å². The molecule has 1 heterocycles. The quantitative estimate of drug-likeness (QED) is 0.942. The van der Waals surface area contributed by atoms with Gasteiger partial charge in [-0.15, -0.1) is 0 Å². The Bertz CT molecular complexity index is 683. The number of alkyl halides is 3. The average Bonchev–Trinajstić information content (AvgIpc) is 2.45. The van der Waals surface area contributed by atoms with Crippen molar-refractivity contribution in [2.45, 2.75) is 6.18 Å². The van der Waals surface area contributed by atoms with Crippen LogP contribution in [0.1, 0.15) is 16.1 Å². The molecule has 0 amide bonds. The van der Waals surface area contributed by atoms with E-state index in [1.165, 1.54) is 25.4 Å². The van der Waals surface area contributed by atoms with Crippen LogP contribution in [-0.2, 0) is 6.18 Å². The van der Waals surface area contributed by atoms with Crippen LogP contribution in [0.4, 0.5) is 13.2 Å². The molecule has 0 fully saturated rings. The van der Waals surface area contributed by atoms with Gasteiger partial charge in [0, 0.05) is 17.8 Å². The number of carboxylic acid groups (broad SMARTS) is 1. The Morgan fingerprint density at radius 2 is 2.00 bits per heavy atom. The Hall–Kier alpha value is -2.57. The Morgan fingerprint density at radius 3 is 2.57 bits per heavy atom. The van der Waals surface area contributed by atoms with E-state index < -0.39 is 17.7 Å². The van der Waals surface area contributed by atoms with E-state index in [4.69, 9.17) is 9.84 Å². The maximum Gasteiger partial charge on any atom is 0.416 e. The lowest BCUT2D eigenvalue weighted by molar-refractivity contribution is -0.137. The van der Waals surface area contributed by atoms with Crippen molar-refractivity contribution < 1.29 is 27.8 Å². The lowest BCUT2D eigenvalue weighted by Gasteiger charge is -2.11. The van der Waals surface area contributed by atoms with Crippen molar-refractivity contribution in [3.8, 4) is 16.9 Å². The largest absolute Gasteiger partial charge is 0.496 e. The predicted octanol–water partition coefficient (Wildman–Crippen LogP) is 3.47. The van der Waals surface area contributed by atoms with Crippen LogP contribution in [0.25, 0.3) is 11.1 Å². The summed E-state index contributed by atoms with van der Waals surface area (Å²) >= 11 is 0. The number of carbonyl (C=O) groups is 1. The molecule has 0 bridgehead atoms. The zero-order valence-corrected chi connectivity index (χ0v) is 10.8. The summed E-state index contributed by atoms with van der Waals surface area (Å²) in [6.45, 7) is 0. The monoisotopic (exact) mass is 297 g/mol. The highest BCUT2D eigenvalue weighted by atomic mass is 19.4. The molecule has 7 heteroatoms. The zero-order chi connectivity index (χ0) is 15.6. The van der Waals surface area contributed by atoms with Gasteiger partial charge in [-0.3, -0.25) is 0 Å². The van der Waals surface area contributed by atoms with Crippen molar-refractivity contribution in [1.82, 2.24) is 4.98 Å². The first-order valence-electron chi connectivity index (χ1n) is 5.78. The summed E-state index contributed by atoms with van der Waals surface area (Å²) in [4.78, 5) is 14.5. The molecule has 0 aliphatic rings. The molecule has 0 aliphatic carbocycles. The third-order valence-electron chi connectivity index (χ3n) is 2.81. The molecule has 0 aliphatic heterocycles. The van der Waals surface area contributed by atoms with Gasteiger partial charge in [-0.25, -0.2) is 9.78 Å². The Morgan fingerprint density at radius 1 is 1.29 bits per heavy atom. The number of carboxylic acids is 1. The molecule has 2 aromatic rings. The lowest BCUT2D eigenvalue weighted by atomic mass is 10.0. The summed E-state index contributed by atoms with van der Waals surface area (Å²) < 4.78 is 43.2. The number of pyridine rings is 1. The maximum atomic E-state index is 12.7. The fourth-order valence-electron chi connectivity index (χ4n) is 1.80. The van der Waals surface area contributed by atoms with Gasteiger partial charge in [0.1, 0.15) is 5.75 Å². The SMILES string of the molecule is COc1cc(C(=O)O)ncc1-c1cccc(C(F)(F)F)c1. The van der Waals surface area contributed by atoms with Crippen molar-refractivity contribution in [2.24, 2.45) is 0 Å². The minimum absolute atomic E-state index is 0.140. The normalized spacial score (nSPS) is 11.2. The number of nitrogens with zero attached hydrogens (tertiary/aromatic N) is 1. The number of hydrogen-bond acceptors (Lipinski definition) is 3. The van der Waals surface area contributed by atoms with Crippen molar-refractivity contribution >= 4 is 5.97 Å². The molecular weight excluding hydrogens is 287 g/mol. The van der Waals surface area contributed by atoms with Crippen LogP contribution < -0.4 is 4.74 Å². The fraction of sp³-hybridized carbons (Fsp3) is 0.143. The van der Waals surface area contributed by atoms with Gasteiger partial charge in [0.15, 0.2) is 5.69 Å². The second-order valence-corrected chi connectivity index (χ2v) is 4.15. The number of methoxy groups -OCH3 is 1. The molecule has 2 rings (SSSR count). The highest BCUT2D eigenvalue weighted by Gasteiger charge is 2.30. The molecule has 0 radical (unpaired) electrons. The number of aromatic nitrogens is 1. The first kappa shape index (κ1) is 14.8. The molecule has 0 atom stereocenters. The van der Waals surface area contributed by atoms with Gasteiger partial charge in [0.25, 0.3) is 0 Å². The summed E-state index contributed by atoms with van der Waals surface area (Å²) in [5.41, 5.74) is -0.522. The van der Waals surface area contributed by atoms with E-state index >= 15 is 0 Å². The Balaban J connectivity index is 2.54. The molecule has 21 heavy (non-hydrogen) atoms. The third kappa shape index (κ3) is 3.13. The van der Waals surface area contributed by atoms with E-state index in [1.54, 1.807) is 0 Å². The first-order valence-corrected chi connectivity index (χ1v) is 5.78. The van der Waals surface area contributed by atoms with Crippen molar-refractivity contribution in [3.63, 3.8) is 0 Å². The van der Waals surface area contributed by atoms with Crippen LogP contribution in [0.3, 0.4) is 0 Å². The standard InChI is InChI=1S/C14H10F3NO3/c1-21-12-6-11(13(19)20)18-7-10(12)8-3-2-4-9(5-8)14(15,16)17/h2-7H,1H3,(H,19,20). The van der Waals surface area contributed by atoms with Gasteiger partial charge < -0.3 is 9.84 Å². The second kappa shape index (κ2) is 5.43. The van der Waals surface area contributed by atoms with E-state index in [1.807, 2.05) is 0 Å². The lowest BCUT2D eigenvalue weighted by Crippen LogP contribution is -2.05. The molecule has 0 saturated carbocycles. The number of halogens is 3. The number of hydrogen-bond donors (Lipinski definition) is 1. The average molecular weight is 297 g/mol. The summed E-state index contributed by atoms with van der Waals surface area (Å²) in [6, 6.07) is 5.81. The van der Waals surface area contributed by atoms with Crippen molar-refractivity contribution in [2.75, 3.05) is 7.11 Å². The molecule has 0 unspecified atom stereocenters. The van der Waals surface area contributed by atoms with E-state index in [2.05, 4.69) is 4.98 Å². The number of aromatic carboxylic acids is 1. The molecule has 0 spiro atoms. The summed E-state index contributed by atoms with van der Waals surface area (Å²) in [5, 5.41) is 8.85. The summed E-state index contributed by atoms with van der Waals surface area (Å²) in [6.07, 6.45) is -3.28. The molecule has 4 nitrogen and oxygen atoms in total. The van der Waals surface area contributed by atoms with Gasteiger partial charge >= 0.3 is 12.1 Å². The van der Waals surface area contributed by atoms with Gasteiger partial charge in [0.05, 0.1) is 12.7 Å². The topological polar surface area (TPSA) is 59.4 Å². The molecule has 1 aromatic carbocycles. The Labute approximate surface area is 117 Å². The second-order valence-electron chi connectivity index (χ2n) is 4.15. The van der Waals surface area contributed by atoms with Crippen molar-refractivity contribution in [3.05, 3.63) is 47.8 Å². The van der Waals surface area contributed by atoms with Gasteiger partial charge in [0.2, 0.25) is 0 Å². The zero-order valence-electron chi connectivity index (χ0n) is 10.8. The predicted molar refractivity (Wildman–Crippen MR) is 68.2 cm³/mol. The molecule has 1 aromatic heterocycles. The smallest absolute Gasteiger partial charge is 0.416 e. The minimum atomic E-state index is -4.46. The number of ether oxygens (including phenoxy) is 1. The van der Waals surface area contributed by atoms with Crippen LogP contribution in [0.2, 0.25) is 0 Å². The van der Waals surface area contributed by atoms with E-state index in [9.17, 15) is 18.0 Å². The van der Waals surface area contributed by atoms with Crippen LogP contribution >= 0.6 is 0 Å². The van der Waals surface area contributed by atoms with Crippen molar-refractivity contribution in [1.29, 1.82) is 0 Å². The van der Waals surface area contributed by atoms with E-state index in [0.29, 0.717) is 0 Å². The molecular formula is C14H10F3NO3. The summed E-state index contributed by atoms with van der Waals surface area (Å²) in [7, 11) is 1.30. The number of rotatable bonds is 3. The summed E-state index contributed by atoms with van der Waals surface area (Å²) in [5.74, 6) is -1.11. The van der Waals surface area contributed by atoms with Crippen LogP contribution in [-0.4, -0.2) is 23.2 Å².